The molecule has 2 aliphatic heterocycles. The first-order valence-corrected chi connectivity index (χ1v) is 11.3. The van der Waals surface area contributed by atoms with Crippen molar-refractivity contribution >= 4 is 17.6 Å². The number of nitrogens with zero attached hydrogens (tertiary/aromatic N) is 3. The number of carbonyl (C=O) groups excluding carboxylic acids is 3. The van der Waals surface area contributed by atoms with E-state index >= 15 is 0 Å². The molecule has 1 N–H and O–H groups in total. The summed E-state index contributed by atoms with van der Waals surface area (Å²) in [5, 5.41) is 2.86. The van der Waals surface area contributed by atoms with E-state index in [1.54, 1.807) is 35.5 Å². The van der Waals surface area contributed by atoms with Crippen LogP contribution in [-0.4, -0.2) is 63.8 Å². The van der Waals surface area contributed by atoms with Crippen LogP contribution in [0, 0.1) is 0 Å². The summed E-state index contributed by atoms with van der Waals surface area (Å²) in [5.41, 5.74) is 2.86. The molecule has 2 fully saturated rings. The van der Waals surface area contributed by atoms with Gasteiger partial charge in [-0.15, -0.1) is 0 Å². The van der Waals surface area contributed by atoms with Crippen molar-refractivity contribution in [3.63, 3.8) is 0 Å². The fourth-order valence-electron chi connectivity index (χ4n) is 4.55. The van der Waals surface area contributed by atoms with Gasteiger partial charge in [0.05, 0.1) is 17.4 Å². The van der Waals surface area contributed by atoms with E-state index in [2.05, 4.69) is 15.3 Å². The lowest BCUT2D eigenvalue weighted by atomic mass is 10.0. The van der Waals surface area contributed by atoms with Crippen molar-refractivity contribution in [2.24, 2.45) is 0 Å². The smallest absolute Gasteiger partial charge is 0.253 e. The van der Waals surface area contributed by atoms with Crippen molar-refractivity contribution < 1.29 is 19.1 Å². The largest absolute Gasteiger partial charge is 0.368 e. The number of hydrogen-bond donors (Lipinski definition) is 1. The number of likely N-dealkylation sites (tertiary alicyclic amines) is 1. The summed E-state index contributed by atoms with van der Waals surface area (Å²) in [7, 11) is 0. The molecule has 2 aliphatic rings. The fourth-order valence-corrected chi connectivity index (χ4v) is 4.55. The molecule has 34 heavy (non-hydrogen) atoms. The Morgan fingerprint density at radius 2 is 1.94 bits per heavy atom. The molecule has 2 amide bonds. The summed E-state index contributed by atoms with van der Waals surface area (Å²) in [5.74, 6) is -0.792. The van der Waals surface area contributed by atoms with Gasteiger partial charge in [-0.2, -0.15) is 0 Å². The van der Waals surface area contributed by atoms with Gasteiger partial charge in [0.15, 0.2) is 5.78 Å². The van der Waals surface area contributed by atoms with E-state index in [1.807, 2.05) is 36.4 Å². The van der Waals surface area contributed by atoms with E-state index in [4.69, 9.17) is 4.74 Å². The summed E-state index contributed by atoms with van der Waals surface area (Å²) < 4.78 is 5.52. The van der Waals surface area contributed by atoms with Crippen LogP contribution in [0.4, 0.5) is 0 Å². The van der Waals surface area contributed by atoms with Crippen LogP contribution < -0.4 is 5.32 Å². The Labute approximate surface area is 197 Å². The molecule has 8 heteroatoms. The van der Waals surface area contributed by atoms with Gasteiger partial charge >= 0.3 is 0 Å². The molecule has 0 bridgehead atoms. The summed E-state index contributed by atoms with van der Waals surface area (Å²) in [6.07, 6.45) is 5.43. The Morgan fingerprint density at radius 3 is 2.68 bits per heavy atom. The number of fused-ring (bicyclic) bond motifs is 1. The Bertz CT molecular complexity index is 1180. The molecule has 0 radical (unpaired) electrons. The molecule has 3 aromatic rings. The van der Waals surface area contributed by atoms with E-state index in [0.717, 1.165) is 16.8 Å². The number of Topliss-reactive ketones (excluding diaryl/α,β-unsaturated/α-hetero) is 1. The van der Waals surface area contributed by atoms with Crippen LogP contribution in [-0.2, 0) is 20.7 Å². The number of ketones is 1. The van der Waals surface area contributed by atoms with Crippen LogP contribution in [0.2, 0.25) is 0 Å². The van der Waals surface area contributed by atoms with Crippen LogP contribution in [0.5, 0.6) is 0 Å². The minimum atomic E-state index is -0.849. The molecule has 4 heterocycles. The van der Waals surface area contributed by atoms with E-state index in [9.17, 15) is 14.4 Å². The molecule has 2 saturated heterocycles. The molecule has 0 spiro atoms. The number of aromatic nitrogens is 2. The van der Waals surface area contributed by atoms with Gasteiger partial charge in [-0.05, 0) is 30.2 Å². The highest BCUT2D eigenvalue weighted by molar-refractivity contribution is 5.99. The molecule has 1 aromatic carbocycles. The average Bonchev–Trinajstić information content (AvgIpc) is 3.47. The van der Waals surface area contributed by atoms with Crippen molar-refractivity contribution in [1.82, 2.24) is 20.2 Å². The number of ether oxygens (including phenoxy) is 1. The van der Waals surface area contributed by atoms with Crippen LogP contribution in [0.15, 0.2) is 73.2 Å². The Morgan fingerprint density at radius 1 is 1.09 bits per heavy atom. The standard InChI is InChI=1S/C26H24N4O4/c31-22-16-34-23-10-12-30(24(22)23)26(33)21(13-17-5-4-11-27-14-17)29-25(32)19-8-9-20(28-15-19)18-6-2-1-3-7-18/h1-9,11,14-15,21,23-24H,10,12-13,16H2,(H,29,32). The minimum Gasteiger partial charge on any atom is -0.368 e. The van der Waals surface area contributed by atoms with Gasteiger partial charge in [0.25, 0.3) is 5.91 Å². The highest BCUT2D eigenvalue weighted by atomic mass is 16.5. The third kappa shape index (κ3) is 4.45. The lowest BCUT2D eigenvalue weighted by Crippen LogP contribution is -2.53. The van der Waals surface area contributed by atoms with Crippen molar-refractivity contribution in [2.45, 2.75) is 31.0 Å². The molecular weight excluding hydrogens is 432 g/mol. The first-order chi connectivity index (χ1) is 16.6. The van der Waals surface area contributed by atoms with Crippen molar-refractivity contribution in [3.05, 3.63) is 84.3 Å². The zero-order chi connectivity index (χ0) is 23.5. The predicted molar refractivity (Wildman–Crippen MR) is 124 cm³/mol. The van der Waals surface area contributed by atoms with Gasteiger partial charge in [0.2, 0.25) is 5.91 Å². The second-order valence-corrected chi connectivity index (χ2v) is 8.47. The highest BCUT2D eigenvalue weighted by Crippen LogP contribution is 2.28. The lowest BCUT2D eigenvalue weighted by Gasteiger charge is -2.27. The summed E-state index contributed by atoms with van der Waals surface area (Å²) in [6, 6.07) is 15.4. The highest BCUT2D eigenvalue weighted by Gasteiger charge is 2.48. The van der Waals surface area contributed by atoms with E-state index in [-0.39, 0.29) is 30.8 Å². The van der Waals surface area contributed by atoms with Crippen LogP contribution in [0.25, 0.3) is 11.3 Å². The van der Waals surface area contributed by atoms with Crippen molar-refractivity contribution in [2.75, 3.05) is 13.2 Å². The number of carbonyl (C=O) groups is 3. The van der Waals surface area contributed by atoms with Gasteiger partial charge in [-0.3, -0.25) is 24.4 Å². The first kappa shape index (κ1) is 21.9. The third-order valence-corrected chi connectivity index (χ3v) is 6.26. The third-order valence-electron chi connectivity index (χ3n) is 6.26. The van der Waals surface area contributed by atoms with E-state index < -0.39 is 18.0 Å². The van der Waals surface area contributed by atoms with Gasteiger partial charge in [0.1, 0.15) is 18.7 Å². The number of pyridine rings is 2. The Hall–Kier alpha value is -3.91. The van der Waals surface area contributed by atoms with E-state index in [0.29, 0.717) is 18.5 Å². The SMILES string of the molecule is O=C(NC(Cc1cccnc1)C(=O)N1CCC2OCC(=O)C21)c1ccc(-c2ccccc2)nc1. The zero-order valence-corrected chi connectivity index (χ0v) is 18.5. The number of amides is 2. The van der Waals surface area contributed by atoms with E-state index in [1.165, 1.54) is 6.20 Å². The molecule has 5 rings (SSSR count). The average molecular weight is 457 g/mol. The number of rotatable bonds is 6. The molecule has 8 nitrogen and oxygen atoms in total. The number of benzene rings is 1. The normalized spacial score (nSPS) is 20.1. The summed E-state index contributed by atoms with van der Waals surface area (Å²) in [6.45, 7) is 0.449. The lowest BCUT2D eigenvalue weighted by molar-refractivity contribution is -0.138. The van der Waals surface area contributed by atoms with Crippen LogP contribution >= 0.6 is 0 Å². The molecular formula is C26H24N4O4. The van der Waals surface area contributed by atoms with Gasteiger partial charge in [-0.25, -0.2) is 0 Å². The molecule has 3 atom stereocenters. The quantitative estimate of drug-likeness (QED) is 0.609. The second kappa shape index (κ2) is 9.52. The molecule has 3 unspecified atom stereocenters. The topological polar surface area (TPSA) is 101 Å². The first-order valence-electron chi connectivity index (χ1n) is 11.3. The second-order valence-electron chi connectivity index (χ2n) is 8.47. The minimum absolute atomic E-state index is 0.0260. The summed E-state index contributed by atoms with van der Waals surface area (Å²) in [4.78, 5) is 49.0. The van der Waals surface area contributed by atoms with Crippen LogP contribution in [0.1, 0.15) is 22.3 Å². The van der Waals surface area contributed by atoms with Crippen molar-refractivity contribution in [3.8, 4) is 11.3 Å². The molecule has 172 valence electrons. The molecule has 2 aromatic heterocycles. The maximum absolute atomic E-state index is 13.5. The maximum atomic E-state index is 13.5. The number of hydrogen-bond acceptors (Lipinski definition) is 6. The molecule has 0 aliphatic carbocycles. The van der Waals surface area contributed by atoms with Crippen molar-refractivity contribution in [1.29, 1.82) is 0 Å². The Kier molecular flexibility index (Phi) is 6.14. The van der Waals surface area contributed by atoms with Crippen LogP contribution in [0.3, 0.4) is 0 Å². The summed E-state index contributed by atoms with van der Waals surface area (Å²) >= 11 is 0. The monoisotopic (exact) mass is 456 g/mol. The predicted octanol–water partition coefficient (Wildman–Crippen LogP) is 2.05. The van der Waals surface area contributed by atoms with Gasteiger partial charge in [0, 0.05) is 37.1 Å². The van der Waals surface area contributed by atoms with Gasteiger partial charge in [-0.1, -0.05) is 36.4 Å². The molecule has 0 saturated carbocycles. The Balaban J connectivity index is 1.35. The zero-order valence-electron chi connectivity index (χ0n) is 18.5. The van der Waals surface area contributed by atoms with Gasteiger partial charge < -0.3 is 15.0 Å². The number of nitrogens with one attached hydrogen (secondary N) is 1. The fraction of sp³-hybridized carbons (Fsp3) is 0.269. The maximum Gasteiger partial charge on any atom is 0.253 e.